The molecule has 1 aliphatic carbocycles. The number of aryl methyl sites for hydroxylation is 2. The third-order valence-corrected chi connectivity index (χ3v) is 4.01. The monoisotopic (exact) mass is 241 g/mol. The molecule has 2 atom stereocenters. The fourth-order valence-electron chi connectivity index (χ4n) is 2.77. The van der Waals surface area contributed by atoms with Gasteiger partial charge in [-0.2, -0.15) is 5.10 Å². The van der Waals surface area contributed by atoms with E-state index in [1.807, 2.05) is 11.7 Å². The van der Waals surface area contributed by atoms with Crippen molar-refractivity contribution in [1.29, 1.82) is 0 Å². The van der Waals surface area contributed by atoms with Crippen LogP contribution in [0.2, 0.25) is 0 Å². The number of nitrogens with zero attached hydrogens (tertiary/aromatic N) is 2. The van der Waals surface area contributed by atoms with Crippen LogP contribution in [0.5, 0.6) is 0 Å². The van der Waals surface area contributed by atoms with Crippen LogP contribution in [0.1, 0.15) is 40.9 Å². The van der Waals surface area contributed by atoms with Gasteiger partial charge in [0, 0.05) is 18.8 Å². The zero-order chi connectivity index (χ0) is 12.7. The molecule has 3 rings (SSSR count). The lowest BCUT2D eigenvalue weighted by atomic mass is 9.74. The van der Waals surface area contributed by atoms with Gasteiger partial charge >= 0.3 is 0 Å². The van der Waals surface area contributed by atoms with Crippen molar-refractivity contribution in [3.8, 4) is 0 Å². The first-order valence-electron chi connectivity index (χ1n) is 6.49. The molecule has 0 bridgehead atoms. The van der Waals surface area contributed by atoms with Crippen LogP contribution in [-0.4, -0.2) is 9.78 Å². The van der Waals surface area contributed by atoms with E-state index < -0.39 is 0 Å². The van der Waals surface area contributed by atoms with Crippen molar-refractivity contribution in [3.63, 3.8) is 0 Å². The molecule has 0 fully saturated rings. The van der Waals surface area contributed by atoms with Gasteiger partial charge in [0.2, 0.25) is 0 Å². The summed E-state index contributed by atoms with van der Waals surface area (Å²) in [5.74, 6) is 0.610. The average Bonchev–Trinajstić information content (AvgIpc) is 2.67. The molecule has 1 aromatic heterocycles. The minimum atomic E-state index is 0.0447. The molecule has 0 spiro atoms. The van der Waals surface area contributed by atoms with Gasteiger partial charge in [0.25, 0.3) is 0 Å². The summed E-state index contributed by atoms with van der Waals surface area (Å²) < 4.78 is 1.89. The van der Waals surface area contributed by atoms with E-state index in [9.17, 15) is 0 Å². The third kappa shape index (κ3) is 1.85. The first-order chi connectivity index (χ1) is 8.65. The molecule has 0 amide bonds. The van der Waals surface area contributed by atoms with Crippen LogP contribution in [0.25, 0.3) is 0 Å². The van der Waals surface area contributed by atoms with Gasteiger partial charge in [0.05, 0.1) is 5.69 Å². The smallest absolute Gasteiger partial charge is 0.0794 e. The molecule has 2 unspecified atom stereocenters. The lowest BCUT2D eigenvalue weighted by Gasteiger charge is -2.31. The molecule has 0 aliphatic heterocycles. The van der Waals surface area contributed by atoms with E-state index in [4.69, 9.17) is 5.73 Å². The fraction of sp³-hybridized carbons (Fsp3) is 0.400. The zero-order valence-electron chi connectivity index (χ0n) is 10.9. The van der Waals surface area contributed by atoms with Crippen molar-refractivity contribution in [2.75, 3.05) is 0 Å². The summed E-state index contributed by atoms with van der Waals surface area (Å²) in [6.45, 7) is 2.06. The average molecular weight is 241 g/mol. The molecule has 0 saturated carbocycles. The topological polar surface area (TPSA) is 43.8 Å². The number of rotatable bonds is 3. The molecule has 2 N–H and O–H groups in total. The molecule has 0 radical (unpaired) electrons. The maximum absolute atomic E-state index is 6.27. The van der Waals surface area contributed by atoms with Crippen LogP contribution in [0, 0.1) is 6.92 Å². The van der Waals surface area contributed by atoms with Crippen molar-refractivity contribution < 1.29 is 0 Å². The molecule has 1 aromatic carbocycles. The van der Waals surface area contributed by atoms with Crippen LogP contribution in [0.4, 0.5) is 0 Å². The summed E-state index contributed by atoms with van der Waals surface area (Å²) in [6.07, 6.45) is 2.16. The Balaban J connectivity index is 1.72. The first kappa shape index (κ1) is 11.5. The number of fused-ring (bicyclic) bond motifs is 1. The number of hydrogen-bond acceptors (Lipinski definition) is 2. The summed E-state index contributed by atoms with van der Waals surface area (Å²) >= 11 is 0. The Morgan fingerprint density at radius 1 is 1.44 bits per heavy atom. The van der Waals surface area contributed by atoms with Gasteiger partial charge in [-0.25, -0.2) is 0 Å². The van der Waals surface area contributed by atoms with Crippen molar-refractivity contribution in [3.05, 3.63) is 52.8 Å². The first-order valence-corrected chi connectivity index (χ1v) is 6.49. The summed E-state index contributed by atoms with van der Waals surface area (Å²) in [5.41, 5.74) is 11.4. The number of benzene rings is 1. The molecule has 1 aliphatic rings. The fourth-order valence-corrected chi connectivity index (χ4v) is 2.77. The summed E-state index contributed by atoms with van der Waals surface area (Å²) in [5, 5.41) is 4.47. The summed E-state index contributed by atoms with van der Waals surface area (Å²) in [4.78, 5) is 0. The molecule has 0 saturated heterocycles. The Morgan fingerprint density at radius 3 is 2.89 bits per heavy atom. The van der Waals surface area contributed by atoms with Crippen LogP contribution >= 0.6 is 0 Å². The lowest BCUT2D eigenvalue weighted by Crippen LogP contribution is -2.23. The largest absolute Gasteiger partial charge is 0.323 e. The standard InChI is InChI=1S/C15H19N3/c1-10-7-15(17-18(10)2)14(16)9-12-8-11-5-3-4-6-13(11)12/h3-7,12,14H,8-9,16H2,1-2H3. The van der Waals surface area contributed by atoms with Gasteiger partial charge < -0.3 is 5.73 Å². The number of nitrogens with two attached hydrogens (primary N) is 1. The molecule has 1 heterocycles. The Morgan fingerprint density at radius 2 is 2.22 bits per heavy atom. The highest BCUT2D eigenvalue weighted by Gasteiger charge is 2.28. The normalized spacial score (nSPS) is 19.2. The van der Waals surface area contributed by atoms with Crippen molar-refractivity contribution in [1.82, 2.24) is 9.78 Å². The Hall–Kier alpha value is -1.61. The van der Waals surface area contributed by atoms with E-state index in [-0.39, 0.29) is 6.04 Å². The van der Waals surface area contributed by atoms with E-state index in [2.05, 4.69) is 42.4 Å². The number of aromatic nitrogens is 2. The molecule has 3 nitrogen and oxygen atoms in total. The van der Waals surface area contributed by atoms with Gasteiger partial charge in [0.15, 0.2) is 0 Å². The molecule has 2 aromatic rings. The second-order valence-electron chi connectivity index (χ2n) is 5.28. The van der Waals surface area contributed by atoms with Gasteiger partial charge in [-0.05, 0) is 42.9 Å². The van der Waals surface area contributed by atoms with E-state index >= 15 is 0 Å². The van der Waals surface area contributed by atoms with Crippen LogP contribution in [0.15, 0.2) is 30.3 Å². The SMILES string of the molecule is Cc1cc(C(N)CC2Cc3ccccc32)nn1C. The van der Waals surface area contributed by atoms with Gasteiger partial charge in [0.1, 0.15) is 0 Å². The van der Waals surface area contributed by atoms with Gasteiger partial charge in [-0.3, -0.25) is 4.68 Å². The molecule has 94 valence electrons. The maximum Gasteiger partial charge on any atom is 0.0794 e. The minimum absolute atomic E-state index is 0.0447. The second-order valence-corrected chi connectivity index (χ2v) is 5.28. The van der Waals surface area contributed by atoms with E-state index in [1.165, 1.54) is 11.1 Å². The molecule has 18 heavy (non-hydrogen) atoms. The highest BCUT2D eigenvalue weighted by molar-refractivity contribution is 5.40. The summed E-state index contributed by atoms with van der Waals surface area (Å²) in [7, 11) is 1.96. The highest BCUT2D eigenvalue weighted by atomic mass is 15.3. The highest BCUT2D eigenvalue weighted by Crippen LogP contribution is 2.39. The van der Waals surface area contributed by atoms with Crippen LogP contribution in [0.3, 0.4) is 0 Å². The van der Waals surface area contributed by atoms with E-state index in [0.29, 0.717) is 5.92 Å². The minimum Gasteiger partial charge on any atom is -0.323 e. The molecular weight excluding hydrogens is 222 g/mol. The van der Waals surface area contributed by atoms with E-state index in [0.717, 1.165) is 24.2 Å². The van der Waals surface area contributed by atoms with Gasteiger partial charge in [-0.15, -0.1) is 0 Å². The Kier molecular flexibility index (Phi) is 2.71. The predicted octanol–water partition coefficient (Wildman–Crippen LogP) is 2.46. The Labute approximate surface area is 108 Å². The van der Waals surface area contributed by atoms with Crippen molar-refractivity contribution >= 4 is 0 Å². The van der Waals surface area contributed by atoms with E-state index in [1.54, 1.807) is 0 Å². The molecule has 3 heteroatoms. The van der Waals surface area contributed by atoms with Gasteiger partial charge in [-0.1, -0.05) is 24.3 Å². The maximum atomic E-state index is 6.27. The summed E-state index contributed by atoms with van der Waals surface area (Å²) in [6, 6.07) is 10.8. The Bertz CT molecular complexity index is 551. The second kappa shape index (κ2) is 4.25. The van der Waals surface area contributed by atoms with Crippen molar-refractivity contribution in [2.45, 2.75) is 31.7 Å². The van der Waals surface area contributed by atoms with Crippen molar-refractivity contribution in [2.24, 2.45) is 12.8 Å². The quantitative estimate of drug-likeness (QED) is 0.897. The third-order valence-electron chi connectivity index (χ3n) is 4.01. The zero-order valence-corrected chi connectivity index (χ0v) is 10.9. The lowest BCUT2D eigenvalue weighted by molar-refractivity contribution is 0.488. The predicted molar refractivity (Wildman–Crippen MR) is 72.4 cm³/mol. The van der Waals surface area contributed by atoms with Crippen LogP contribution in [-0.2, 0) is 13.5 Å². The molecular formula is C15H19N3. The number of hydrogen-bond donors (Lipinski definition) is 1. The van der Waals surface area contributed by atoms with Crippen LogP contribution < -0.4 is 5.73 Å².